The molecule has 0 aromatic heterocycles. The molecule has 92 heavy (non-hydrogen) atoms. The zero-order valence-electron chi connectivity index (χ0n) is 53.4. The number of hydrogen-bond acceptors (Lipinski definition) is 20. The number of carbonyl (C=O) groups is 1. The maximum atomic E-state index is 12.0. The van der Waals surface area contributed by atoms with Crippen LogP contribution in [-0.4, -0.2) is 158 Å². The first kappa shape index (κ1) is 66.0. The number of epoxide rings is 2. The van der Waals surface area contributed by atoms with Crippen LogP contribution < -0.4 is 0 Å². The molecule has 10 unspecified atom stereocenters. The highest BCUT2D eigenvalue weighted by atomic mass is 17.0. The van der Waals surface area contributed by atoms with E-state index in [0.717, 1.165) is 161 Å². The van der Waals surface area contributed by atoms with Crippen molar-refractivity contribution in [1.82, 2.24) is 0 Å². The highest BCUT2D eigenvalue weighted by Crippen LogP contribution is 2.46. The SMILES string of the molecule is C1CCC2OC3(CCCO3)OC2C1.C1COC2(CCC3(CC2)OCCO3)O1.C=C1COC2(CCCO2)O1.C=C1OCC(c2ccccc2)O1.O=C(OCC1CCC2OC2C1)C1CCC2OC2C1.c1ccc(CC2COC3(OC2)OCC(Cc2ccccc2)CO3)cc1. The predicted octanol–water partition coefficient (Wildman–Crippen LogP) is 11.2. The molecule has 10 atom stereocenters. The van der Waals surface area contributed by atoms with Gasteiger partial charge >= 0.3 is 18.1 Å². The first-order valence-corrected chi connectivity index (χ1v) is 34.3. The summed E-state index contributed by atoms with van der Waals surface area (Å²) < 4.78 is 106. The van der Waals surface area contributed by atoms with Crippen molar-refractivity contribution in [2.75, 3.05) is 85.9 Å². The summed E-state index contributed by atoms with van der Waals surface area (Å²) in [4.78, 5) is 12.0. The van der Waals surface area contributed by atoms with Gasteiger partial charge in [0.2, 0.25) is 0 Å². The van der Waals surface area contributed by atoms with Crippen molar-refractivity contribution in [2.24, 2.45) is 23.7 Å². The highest BCUT2D eigenvalue weighted by molar-refractivity contribution is 5.72. The van der Waals surface area contributed by atoms with Gasteiger partial charge in [-0.2, -0.15) is 0 Å². The molecule has 5 spiro atoms. The molecule has 504 valence electrons. The number of hydrogen-bond donors (Lipinski definition) is 0. The Kier molecular flexibility index (Phi) is 22.0. The second-order valence-electron chi connectivity index (χ2n) is 26.8. The molecule has 0 bridgehead atoms. The van der Waals surface area contributed by atoms with E-state index in [1.54, 1.807) is 0 Å². The Morgan fingerprint density at radius 3 is 1.45 bits per heavy atom. The largest absolute Gasteiger partial charge is 0.465 e. The zero-order chi connectivity index (χ0) is 62.7. The van der Waals surface area contributed by atoms with Crippen molar-refractivity contribution >= 4 is 5.97 Å². The second-order valence-corrected chi connectivity index (χ2v) is 26.8. The van der Waals surface area contributed by atoms with Crippen molar-refractivity contribution < 1.29 is 94.8 Å². The van der Waals surface area contributed by atoms with Crippen LogP contribution in [0.2, 0.25) is 0 Å². The summed E-state index contributed by atoms with van der Waals surface area (Å²) >= 11 is 0. The fraction of sp³-hybridized carbons (Fsp3) is 0.681. The second kappa shape index (κ2) is 30.6. The van der Waals surface area contributed by atoms with E-state index in [4.69, 9.17) is 90.0 Å². The molecule has 20 heteroatoms. The Hall–Kier alpha value is -4.59. The summed E-state index contributed by atoms with van der Waals surface area (Å²) in [6.45, 7) is 15.6. The van der Waals surface area contributed by atoms with Crippen molar-refractivity contribution in [2.45, 2.75) is 201 Å². The summed E-state index contributed by atoms with van der Waals surface area (Å²) in [5.74, 6) is 0.365. The summed E-state index contributed by atoms with van der Waals surface area (Å²) in [5.41, 5.74) is 3.73. The topological polar surface area (TPSA) is 199 Å². The van der Waals surface area contributed by atoms with E-state index in [-0.39, 0.29) is 29.6 Å². The molecule has 3 aromatic carbocycles. The van der Waals surface area contributed by atoms with Gasteiger partial charge in [-0.3, -0.25) is 4.79 Å². The van der Waals surface area contributed by atoms with Gasteiger partial charge in [-0.1, -0.05) is 110 Å². The normalized spacial score (nSPS) is 36.9. The first-order valence-electron chi connectivity index (χ1n) is 34.3. The maximum absolute atomic E-state index is 12.0. The maximum Gasteiger partial charge on any atom is 0.412 e. The van der Waals surface area contributed by atoms with E-state index < -0.39 is 18.1 Å². The number of carbonyl (C=O) groups excluding carboxylic acids is 1. The lowest BCUT2D eigenvalue weighted by atomic mass is 9.89. The average molecular weight is 1280 g/mol. The molecule has 0 N–H and O–H groups in total. The van der Waals surface area contributed by atoms with Crippen LogP contribution in [-0.2, 0) is 108 Å². The molecule has 20 nitrogen and oxygen atoms in total. The van der Waals surface area contributed by atoms with Crippen LogP contribution in [0.1, 0.15) is 138 Å². The molecule has 11 heterocycles. The molecule has 15 fully saturated rings. The summed E-state index contributed by atoms with van der Waals surface area (Å²) in [7, 11) is 0. The van der Waals surface area contributed by atoms with E-state index in [1.165, 1.54) is 24.0 Å². The van der Waals surface area contributed by atoms with Gasteiger partial charge < -0.3 is 90.0 Å². The minimum absolute atomic E-state index is 0.00258. The molecule has 4 aliphatic carbocycles. The van der Waals surface area contributed by atoms with Crippen molar-refractivity contribution in [3.8, 4) is 0 Å². The fourth-order valence-corrected chi connectivity index (χ4v) is 14.6. The molecule has 18 rings (SSSR count). The molecule has 3 aromatic rings. The number of fused-ring (bicyclic) bond motifs is 3. The Morgan fingerprint density at radius 2 is 0.978 bits per heavy atom. The third-order valence-electron chi connectivity index (χ3n) is 19.8. The summed E-state index contributed by atoms with van der Waals surface area (Å²) in [6.07, 6.45) is 21.5. The van der Waals surface area contributed by atoms with Crippen LogP contribution in [0.4, 0.5) is 0 Å². The fourth-order valence-electron chi connectivity index (χ4n) is 14.6. The number of benzene rings is 3. The van der Waals surface area contributed by atoms with E-state index in [2.05, 4.69) is 61.7 Å². The van der Waals surface area contributed by atoms with Gasteiger partial charge in [0.15, 0.2) is 17.7 Å². The molecule has 0 amide bonds. The lowest BCUT2D eigenvalue weighted by Crippen LogP contribution is -2.53. The van der Waals surface area contributed by atoms with Crippen LogP contribution in [0.3, 0.4) is 0 Å². The van der Waals surface area contributed by atoms with Gasteiger partial charge in [0.05, 0.1) is 115 Å². The van der Waals surface area contributed by atoms with Crippen molar-refractivity contribution in [1.29, 1.82) is 0 Å². The van der Waals surface area contributed by atoms with Crippen LogP contribution in [0.5, 0.6) is 0 Å². The zero-order valence-corrected chi connectivity index (χ0v) is 53.4. The molecule has 15 aliphatic rings. The van der Waals surface area contributed by atoms with Crippen LogP contribution in [0.15, 0.2) is 116 Å². The summed E-state index contributed by atoms with van der Waals surface area (Å²) in [5, 5.41) is 0. The van der Waals surface area contributed by atoms with Gasteiger partial charge in [-0.05, 0) is 106 Å². The Bertz CT molecular complexity index is 2670. The van der Waals surface area contributed by atoms with E-state index in [1.807, 2.05) is 42.5 Å². The standard InChI is InChI=1S/C21H24O4.C14H20O4.C10H16O4.C10H16O3.C10H10O2.C7H10O3/c1-3-7-17(8-4-1)11-19-13-22-21(23-14-19)24-15-20(16-25-21)12-18-9-5-2-6-10-18;15-14(9-2-4-11-13(6-9)18-11)16-7-8-1-3-10-12(5-8)17-10;1-2-10(13-7-8-14-10)4-3-9(1)11-5-6-12-9;1-2-5-9-8(4-1)12-10(13-9)6-3-7-11-10;1-8-11-7-10(12-8)9-5-3-2-4-6-9;1-6-5-9-7(10-6)3-2-4-8-7/h1-10,19-20H,11-16H2;8-13H,1-7H2;1-8H2;8-9H,1-7H2;2-6,10H,1,7H2;1-5H2. The molecule has 0 radical (unpaired) electrons. The number of ether oxygens (including phenoxy) is 19. The smallest absolute Gasteiger partial charge is 0.412 e. The number of rotatable bonds is 8. The molecule has 4 saturated carbocycles. The predicted molar refractivity (Wildman–Crippen MR) is 330 cm³/mol. The Labute approximate surface area is 541 Å². The van der Waals surface area contributed by atoms with Crippen molar-refractivity contribution in [3.63, 3.8) is 0 Å². The monoisotopic (exact) mass is 1280 g/mol. The summed E-state index contributed by atoms with van der Waals surface area (Å²) in [6, 6.07) is 30.8. The van der Waals surface area contributed by atoms with Gasteiger partial charge in [0, 0.05) is 50.4 Å². The van der Waals surface area contributed by atoms with Gasteiger partial charge in [-0.25, -0.2) is 0 Å². The first-order chi connectivity index (χ1) is 45.0. The lowest BCUT2D eigenvalue weighted by Gasteiger charge is -2.42. The lowest BCUT2D eigenvalue weighted by molar-refractivity contribution is -0.534. The average Bonchev–Trinajstić information content (AvgIpc) is 1.62. The van der Waals surface area contributed by atoms with Crippen LogP contribution in [0, 0.1) is 23.7 Å². The van der Waals surface area contributed by atoms with E-state index >= 15 is 0 Å². The minimum Gasteiger partial charge on any atom is -0.465 e. The van der Waals surface area contributed by atoms with Gasteiger partial charge in [-0.15, -0.1) is 0 Å². The van der Waals surface area contributed by atoms with Crippen LogP contribution >= 0.6 is 0 Å². The molecule has 11 aliphatic heterocycles. The van der Waals surface area contributed by atoms with Gasteiger partial charge in [0.25, 0.3) is 11.9 Å². The molecular formula is C72H96O20. The number of esters is 1. The van der Waals surface area contributed by atoms with Crippen LogP contribution in [0.25, 0.3) is 0 Å². The van der Waals surface area contributed by atoms with Crippen molar-refractivity contribution in [3.05, 3.63) is 133 Å². The highest BCUT2D eigenvalue weighted by Gasteiger charge is 2.53. The van der Waals surface area contributed by atoms with E-state index in [0.29, 0.717) is 112 Å². The Morgan fingerprint density at radius 1 is 0.467 bits per heavy atom. The quantitative estimate of drug-likeness (QED) is 0.152. The molecule has 11 saturated heterocycles. The third-order valence-corrected chi connectivity index (χ3v) is 19.8. The third kappa shape index (κ3) is 17.7. The Balaban J connectivity index is 0.000000104. The van der Waals surface area contributed by atoms with E-state index in [9.17, 15) is 4.79 Å². The minimum atomic E-state index is -1.29. The van der Waals surface area contributed by atoms with Gasteiger partial charge in [0.1, 0.15) is 19.0 Å². The molecular weight excluding hydrogens is 1180 g/mol.